The molecule has 2 aromatic rings. The number of nitrogens with zero attached hydrogens (tertiary/aromatic N) is 4. The Hall–Kier alpha value is -1.24. The fourth-order valence-electron chi connectivity index (χ4n) is 6.51. The molecule has 4 saturated heterocycles. The van der Waals surface area contributed by atoms with Crippen molar-refractivity contribution in [3.8, 4) is 0 Å². The average molecular weight is 604 g/mol. The number of piperazine rings is 2. The molecule has 4 bridgehead atoms. The summed E-state index contributed by atoms with van der Waals surface area (Å²) in [6, 6.07) is 14.8. The summed E-state index contributed by atoms with van der Waals surface area (Å²) in [5, 5.41) is 0. The highest BCUT2D eigenvalue weighted by Crippen LogP contribution is 2.37. The Morgan fingerprint density at radius 3 is 1.21 bits per heavy atom. The van der Waals surface area contributed by atoms with Crippen LogP contribution < -0.4 is 0 Å². The largest absolute Gasteiger partial charge is 0.296 e. The highest BCUT2D eigenvalue weighted by Gasteiger charge is 2.50. The Morgan fingerprint density at radius 1 is 0.579 bits per heavy atom. The summed E-state index contributed by atoms with van der Waals surface area (Å²) in [5.41, 5.74) is 2.10. The second-order valence-corrected chi connectivity index (χ2v) is 14.6. The quantitative estimate of drug-likeness (QED) is 0.485. The number of sulfonamides is 2. The van der Waals surface area contributed by atoms with Crippen LogP contribution in [0.15, 0.2) is 58.3 Å². The summed E-state index contributed by atoms with van der Waals surface area (Å²) in [7, 11) is -6.92. The molecule has 0 N–H and O–H groups in total. The zero-order valence-electron chi connectivity index (χ0n) is 21.6. The third kappa shape index (κ3) is 5.14. The van der Waals surface area contributed by atoms with Crippen LogP contribution in [0.5, 0.6) is 0 Å². The SMILES string of the molecule is Cc1ccc(S(=O)(=O)N2C[C@@H]3C[C@H]2CN3CCN2C[C@@H]3C[C@H]2CN3S(=O)(=O)c2ccc(C)cc2)cc1.Cl.Cl. The third-order valence-electron chi connectivity index (χ3n) is 8.54. The molecule has 0 unspecified atom stereocenters. The van der Waals surface area contributed by atoms with Crippen molar-refractivity contribution < 1.29 is 16.8 Å². The summed E-state index contributed by atoms with van der Waals surface area (Å²) >= 11 is 0. The van der Waals surface area contributed by atoms with Gasteiger partial charge in [0.05, 0.1) is 9.79 Å². The third-order valence-corrected chi connectivity index (χ3v) is 12.4. The van der Waals surface area contributed by atoms with E-state index in [1.165, 1.54) is 0 Å². The minimum atomic E-state index is -3.46. The van der Waals surface area contributed by atoms with Gasteiger partial charge in [-0.15, -0.1) is 24.8 Å². The van der Waals surface area contributed by atoms with Crippen molar-refractivity contribution in [1.82, 2.24) is 18.4 Å². The first-order chi connectivity index (χ1) is 17.1. The van der Waals surface area contributed by atoms with Gasteiger partial charge < -0.3 is 0 Å². The molecule has 4 aliphatic heterocycles. The van der Waals surface area contributed by atoms with Crippen LogP contribution in [0, 0.1) is 13.8 Å². The van der Waals surface area contributed by atoms with Crippen molar-refractivity contribution >= 4 is 44.9 Å². The highest BCUT2D eigenvalue weighted by molar-refractivity contribution is 7.89. The maximum absolute atomic E-state index is 13.2. The molecule has 210 valence electrons. The Morgan fingerprint density at radius 2 is 0.921 bits per heavy atom. The van der Waals surface area contributed by atoms with Crippen molar-refractivity contribution in [2.45, 2.75) is 60.6 Å². The topological polar surface area (TPSA) is 81.2 Å². The van der Waals surface area contributed by atoms with Crippen LogP contribution >= 0.6 is 24.8 Å². The molecule has 0 spiro atoms. The van der Waals surface area contributed by atoms with E-state index in [9.17, 15) is 16.8 Å². The van der Waals surface area contributed by atoms with Gasteiger partial charge in [0.25, 0.3) is 0 Å². The lowest BCUT2D eigenvalue weighted by atomic mass is 10.2. The summed E-state index contributed by atoms with van der Waals surface area (Å²) in [6.45, 7) is 8.35. The monoisotopic (exact) mass is 602 g/mol. The molecule has 2 aromatic carbocycles. The van der Waals surface area contributed by atoms with Crippen LogP contribution in [0.4, 0.5) is 0 Å². The van der Waals surface area contributed by atoms with Crippen molar-refractivity contribution in [3.05, 3.63) is 59.7 Å². The maximum atomic E-state index is 13.2. The lowest BCUT2D eigenvalue weighted by Gasteiger charge is -2.37. The fraction of sp³-hybridized carbons (Fsp3) is 0.538. The fourth-order valence-corrected chi connectivity index (χ4v) is 9.84. The van der Waals surface area contributed by atoms with Crippen LogP contribution in [0.25, 0.3) is 0 Å². The second-order valence-electron chi connectivity index (χ2n) is 10.9. The molecule has 0 aliphatic carbocycles. The number of likely N-dealkylation sites (tertiary alicyclic amines) is 2. The smallest absolute Gasteiger partial charge is 0.243 e. The molecule has 38 heavy (non-hydrogen) atoms. The van der Waals surface area contributed by atoms with Gasteiger partial charge in [-0.25, -0.2) is 16.8 Å². The molecule has 0 saturated carbocycles. The molecular formula is C26H36Cl2N4O4S2. The number of aryl methyl sites for hydroxylation is 2. The van der Waals surface area contributed by atoms with E-state index in [-0.39, 0.29) is 49.0 Å². The minimum absolute atomic E-state index is 0. The highest BCUT2D eigenvalue weighted by atomic mass is 35.5. The summed E-state index contributed by atoms with van der Waals surface area (Å²) < 4.78 is 56.1. The van der Waals surface area contributed by atoms with Crippen LogP contribution in [0.1, 0.15) is 24.0 Å². The van der Waals surface area contributed by atoms with Crippen LogP contribution in [-0.4, -0.2) is 98.7 Å². The zero-order valence-corrected chi connectivity index (χ0v) is 24.9. The average Bonchev–Trinajstić information content (AvgIpc) is 3.63. The van der Waals surface area contributed by atoms with Crippen LogP contribution in [0.3, 0.4) is 0 Å². The molecule has 4 aliphatic rings. The van der Waals surface area contributed by atoms with E-state index in [4.69, 9.17) is 0 Å². The van der Waals surface area contributed by atoms with Gasteiger partial charge in [0.1, 0.15) is 0 Å². The first kappa shape index (κ1) is 29.7. The molecule has 0 radical (unpaired) electrons. The van der Waals surface area contributed by atoms with Gasteiger partial charge in [0, 0.05) is 63.4 Å². The molecule has 4 heterocycles. The van der Waals surface area contributed by atoms with Crippen molar-refractivity contribution in [2.24, 2.45) is 0 Å². The van der Waals surface area contributed by atoms with E-state index in [1.54, 1.807) is 32.9 Å². The maximum Gasteiger partial charge on any atom is 0.243 e. The normalized spacial score (nSPS) is 27.9. The van der Waals surface area contributed by atoms with Gasteiger partial charge in [0.2, 0.25) is 20.0 Å². The first-order valence-electron chi connectivity index (χ1n) is 12.8. The molecule has 0 aromatic heterocycles. The molecule has 8 nitrogen and oxygen atoms in total. The van der Waals surface area contributed by atoms with Gasteiger partial charge >= 0.3 is 0 Å². The molecule has 12 heteroatoms. The van der Waals surface area contributed by atoms with Crippen LogP contribution in [-0.2, 0) is 20.0 Å². The molecule has 0 amide bonds. The van der Waals surface area contributed by atoms with Gasteiger partial charge in [-0.3, -0.25) is 9.80 Å². The van der Waals surface area contributed by atoms with Crippen LogP contribution in [0.2, 0.25) is 0 Å². The van der Waals surface area contributed by atoms with Crippen molar-refractivity contribution in [1.29, 1.82) is 0 Å². The van der Waals surface area contributed by atoms with E-state index in [0.717, 1.165) is 50.1 Å². The number of halogens is 2. The summed E-state index contributed by atoms with van der Waals surface area (Å²) in [5.74, 6) is 0. The number of hydrogen-bond acceptors (Lipinski definition) is 6. The van der Waals surface area contributed by atoms with Gasteiger partial charge in [-0.2, -0.15) is 8.61 Å². The van der Waals surface area contributed by atoms with E-state index in [1.807, 2.05) is 38.1 Å². The summed E-state index contributed by atoms with van der Waals surface area (Å²) in [6.07, 6.45) is 1.78. The van der Waals surface area contributed by atoms with Gasteiger partial charge in [0.15, 0.2) is 0 Å². The Bertz CT molecular complexity index is 1250. The molecule has 6 rings (SSSR count). The predicted molar refractivity (Wildman–Crippen MR) is 152 cm³/mol. The van der Waals surface area contributed by atoms with Gasteiger partial charge in [-0.05, 0) is 51.0 Å². The first-order valence-corrected chi connectivity index (χ1v) is 15.7. The molecule has 4 atom stereocenters. The number of rotatable bonds is 7. The van der Waals surface area contributed by atoms with E-state index in [0.29, 0.717) is 22.9 Å². The Kier molecular flexibility index (Phi) is 8.58. The van der Waals surface area contributed by atoms with E-state index in [2.05, 4.69) is 9.80 Å². The molecular weight excluding hydrogens is 567 g/mol. The lowest BCUT2D eigenvalue weighted by Crippen LogP contribution is -2.53. The number of fused-ring (bicyclic) bond motifs is 4. The summed E-state index contributed by atoms with van der Waals surface area (Å²) in [4.78, 5) is 5.62. The van der Waals surface area contributed by atoms with E-state index >= 15 is 0 Å². The second kappa shape index (κ2) is 11.0. The van der Waals surface area contributed by atoms with Crippen molar-refractivity contribution in [2.75, 3.05) is 39.3 Å². The van der Waals surface area contributed by atoms with Gasteiger partial charge in [-0.1, -0.05) is 35.4 Å². The number of benzene rings is 2. The Balaban J connectivity index is 0.00000168. The number of hydrogen-bond donors (Lipinski definition) is 0. The zero-order chi connectivity index (χ0) is 25.2. The van der Waals surface area contributed by atoms with E-state index < -0.39 is 20.0 Å². The van der Waals surface area contributed by atoms with Crippen molar-refractivity contribution in [3.63, 3.8) is 0 Å². The minimum Gasteiger partial charge on any atom is -0.296 e. The Labute approximate surface area is 238 Å². The standard InChI is InChI=1S/C26H34N4O4S2.2ClH/c1-19-3-7-25(8-4-19)35(31,32)29-17-21-13-23(29)15-27(21)11-12-28-16-24-14-22(28)18-30(24)36(33,34)26-9-5-20(2)6-10-26;;/h3-10,21-24H,11-18H2,1-2H3;2*1H/t21-,22-,23-,24-;;/m0../s1. The predicted octanol–water partition coefficient (Wildman–Crippen LogP) is 2.74. The lowest BCUT2D eigenvalue weighted by molar-refractivity contribution is 0.129. The molecule has 4 fully saturated rings.